The van der Waals surface area contributed by atoms with Crippen molar-refractivity contribution < 1.29 is 24.4 Å². The number of hydrogen-bond acceptors (Lipinski definition) is 6. The van der Waals surface area contributed by atoms with Crippen LogP contribution >= 0.6 is 0 Å². The molecule has 2 fully saturated rings. The van der Waals surface area contributed by atoms with Gasteiger partial charge in [0.25, 0.3) is 0 Å². The molecule has 28 heavy (non-hydrogen) atoms. The number of para-hydroxylation sites is 1. The largest absolute Gasteiger partial charge is 0.493 e. The lowest BCUT2D eigenvalue weighted by Gasteiger charge is -2.50. The van der Waals surface area contributed by atoms with Gasteiger partial charge in [-0.2, -0.15) is 0 Å². The first-order chi connectivity index (χ1) is 13.4. The quantitative estimate of drug-likeness (QED) is 0.694. The molecule has 2 saturated heterocycles. The Balaban J connectivity index is 1.63. The van der Waals surface area contributed by atoms with Crippen LogP contribution in [-0.4, -0.2) is 65.8 Å². The Bertz CT molecular complexity index is 640. The Labute approximate surface area is 168 Å². The molecule has 2 N–H and O–H groups in total. The molecule has 6 heteroatoms. The Morgan fingerprint density at radius 1 is 1.29 bits per heavy atom. The highest BCUT2D eigenvalue weighted by atomic mass is 16.5. The summed E-state index contributed by atoms with van der Waals surface area (Å²) in [6.07, 6.45) is 3.50. The molecule has 6 nitrogen and oxygen atoms in total. The van der Waals surface area contributed by atoms with Crippen LogP contribution in [-0.2, 0) is 11.3 Å². The monoisotopic (exact) mass is 393 g/mol. The molecule has 0 unspecified atom stereocenters. The van der Waals surface area contributed by atoms with E-state index in [1.807, 2.05) is 12.1 Å². The average molecular weight is 394 g/mol. The van der Waals surface area contributed by atoms with E-state index in [-0.39, 0.29) is 12.2 Å². The van der Waals surface area contributed by atoms with Crippen molar-refractivity contribution in [3.8, 4) is 11.5 Å². The maximum absolute atomic E-state index is 10.5. The van der Waals surface area contributed by atoms with Crippen molar-refractivity contribution in [1.29, 1.82) is 0 Å². The van der Waals surface area contributed by atoms with Crippen LogP contribution in [0.5, 0.6) is 11.5 Å². The van der Waals surface area contributed by atoms with Gasteiger partial charge in [-0.05, 0) is 32.3 Å². The minimum atomic E-state index is -1.08. The number of ether oxygens (including phenoxy) is 3. The van der Waals surface area contributed by atoms with E-state index in [1.165, 1.54) is 0 Å². The molecule has 158 valence electrons. The number of unbranched alkanes of at least 4 members (excludes halogenated alkanes) is 1. The van der Waals surface area contributed by atoms with Gasteiger partial charge in [0.1, 0.15) is 6.10 Å². The first-order valence-corrected chi connectivity index (χ1v) is 10.4. The van der Waals surface area contributed by atoms with Crippen LogP contribution in [0.3, 0.4) is 0 Å². The zero-order valence-corrected chi connectivity index (χ0v) is 17.4. The molecule has 0 radical (unpaired) electrons. The van der Waals surface area contributed by atoms with E-state index < -0.39 is 11.7 Å². The minimum absolute atomic E-state index is 0.207. The van der Waals surface area contributed by atoms with Gasteiger partial charge in [0, 0.05) is 31.6 Å². The van der Waals surface area contributed by atoms with Crippen molar-refractivity contribution in [2.75, 3.05) is 33.4 Å². The van der Waals surface area contributed by atoms with Crippen molar-refractivity contribution in [1.82, 2.24) is 4.90 Å². The van der Waals surface area contributed by atoms with Crippen molar-refractivity contribution in [2.45, 2.75) is 69.8 Å². The van der Waals surface area contributed by atoms with Gasteiger partial charge in [0.05, 0.1) is 31.5 Å². The molecule has 1 aromatic rings. The molecule has 0 saturated carbocycles. The van der Waals surface area contributed by atoms with E-state index in [2.05, 4.69) is 17.9 Å². The molecule has 2 aliphatic heterocycles. The number of aliphatic hydroxyl groups is 2. The minimum Gasteiger partial charge on any atom is -0.493 e. The number of piperidine rings is 1. The fraction of sp³-hybridized carbons (Fsp3) is 0.727. The third-order valence-corrected chi connectivity index (χ3v) is 6.13. The number of hydrogen-bond donors (Lipinski definition) is 2. The van der Waals surface area contributed by atoms with Crippen LogP contribution in [0.25, 0.3) is 0 Å². The Morgan fingerprint density at radius 2 is 2.04 bits per heavy atom. The van der Waals surface area contributed by atoms with Gasteiger partial charge in [-0.3, -0.25) is 4.90 Å². The average Bonchev–Trinajstić information content (AvgIpc) is 2.68. The van der Waals surface area contributed by atoms with Crippen molar-refractivity contribution in [3.05, 3.63) is 23.8 Å². The maximum Gasteiger partial charge on any atom is 0.165 e. The number of nitrogens with zero attached hydrogens (tertiary/aromatic N) is 1. The zero-order valence-electron chi connectivity index (χ0n) is 17.4. The van der Waals surface area contributed by atoms with Gasteiger partial charge in [-0.25, -0.2) is 0 Å². The summed E-state index contributed by atoms with van der Waals surface area (Å²) in [5.74, 6) is 1.63. The molecule has 0 bridgehead atoms. The smallest absolute Gasteiger partial charge is 0.165 e. The van der Waals surface area contributed by atoms with Crippen LogP contribution in [0.2, 0.25) is 0 Å². The van der Waals surface area contributed by atoms with Crippen LogP contribution in [0.15, 0.2) is 18.2 Å². The zero-order chi connectivity index (χ0) is 20.2. The number of benzene rings is 1. The molecule has 2 heterocycles. The van der Waals surface area contributed by atoms with E-state index in [9.17, 15) is 10.2 Å². The van der Waals surface area contributed by atoms with Crippen molar-refractivity contribution in [3.63, 3.8) is 0 Å². The lowest BCUT2D eigenvalue weighted by atomic mass is 9.76. The van der Waals surface area contributed by atoms with Gasteiger partial charge in [-0.1, -0.05) is 25.5 Å². The third-order valence-electron chi connectivity index (χ3n) is 6.13. The summed E-state index contributed by atoms with van der Waals surface area (Å²) < 4.78 is 17.6. The standard InChI is InChI=1S/C22H35NO5/c1-4-5-13-27-20-17(7-6-8-18(20)26-3)14-23-11-9-22(10-12-23)16-21(2,25)19(24)15-28-22/h6-8,19,24-25H,4-5,9-16H2,1-3H3/t19-,21-/m0/s1. The molecular formula is C22H35NO5. The Hall–Kier alpha value is -1.34. The van der Waals surface area contributed by atoms with Crippen molar-refractivity contribution in [2.24, 2.45) is 0 Å². The van der Waals surface area contributed by atoms with E-state index >= 15 is 0 Å². The molecule has 1 spiro atoms. The van der Waals surface area contributed by atoms with Gasteiger partial charge < -0.3 is 24.4 Å². The number of likely N-dealkylation sites (tertiary alicyclic amines) is 1. The highest BCUT2D eigenvalue weighted by Crippen LogP contribution is 2.40. The number of rotatable bonds is 7. The van der Waals surface area contributed by atoms with Gasteiger partial charge in [-0.15, -0.1) is 0 Å². The van der Waals surface area contributed by atoms with Crippen LogP contribution in [0, 0.1) is 0 Å². The molecule has 2 aliphatic rings. The van der Waals surface area contributed by atoms with E-state index in [0.717, 1.165) is 62.4 Å². The van der Waals surface area contributed by atoms with E-state index in [1.54, 1.807) is 14.0 Å². The van der Waals surface area contributed by atoms with Crippen LogP contribution < -0.4 is 9.47 Å². The van der Waals surface area contributed by atoms with Gasteiger partial charge in [0.2, 0.25) is 0 Å². The summed E-state index contributed by atoms with van der Waals surface area (Å²) in [5, 5.41) is 20.4. The molecule has 0 amide bonds. The van der Waals surface area contributed by atoms with Gasteiger partial charge >= 0.3 is 0 Å². The number of aliphatic hydroxyl groups excluding tert-OH is 1. The molecule has 3 rings (SSSR count). The maximum atomic E-state index is 10.5. The van der Waals surface area contributed by atoms with E-state index in [4.69, 9.17) is 14.2 Å². The number of methoxy groups -OCH3 is 1. The normalized spacial score (nSPS) is 27.7. The lowest BCUT2D eigenvalue weighted by molar-refractivity contribution is -0.223. The first kappa shape index (κ1) is 21.4. The molecule has 0 aliphatic carbocycles. The van der Waals surface area contributed by atoms with Crippen LogP contribution in [0.4, 0.5) is 0 Å². The lowest BCUT2D eigenvalue weighted by Crippen LogP contribution is -2.59. The van der Waals surface area contributed by atoms with Crippen LogP contribution in [0.1, 0.15) is 51.5 Å². The second-order valence-corrected chi connectivity index (χ2v) is 8.47. The summed E-state index contributed by atoms with van der Waals surface area (Å²) in [4.78, 5) is 2.40. The topological polar surface area (TPSA) is 71.4 Å². The Morgan fingerprint density at radius 3 is 2.68 bits per heavy atom. The highest BCUT2D eigenvalue weighted by molar-refractivity contribution is 5.46. The fourth-order valence-electron chi connectivity index (χ4n) is 4.27. The molecule has 1 aromatic carbocycles. The van der Waals surface area contributed by atoms with Gasteiger partial charge in [0.15, 0.2) is 11.5 Å². The molecular weight excluding hydrogens is 358 g/mol. The second-order valence-electron chi connectivity index (χ2n) is 8.47. The summed E-state index contributed by atoms with van der Waals surface area (Å²) in [6, 6.07) is 6.06. The SMILES string of the molecule is CCCCOc1c(CN2CCC3(CC2)C[C@](C)(O)[C@@H](O)CO3)cccc1OC. The third kappa shape index (κ3) is 4.79. The summed E-state index contributed by atoms with van der Waals surface area (Å²) in [6.45, 7) is 7.34. The predicted molar refractivity (Wildman–Crippen MR) is 108 cm³/mol. The highest BCUT2D eigenvalue weighted by Gasteiger charge is 2.48. The summed E-state index contributed by atoms with van der Waals surface area (Å²) >= 11 is 0. The fourth-order valence-corrected chi connectivity index (χ4v) is 4.27. The first-order valence-electron chi connectivity index (χ1n) is 10.4. The predicted octanol–water partition coefficient (Wildman–Crippen LogP) is 2.74. The Kier molecular flexibility index (Phi) is 6.86. The second kappa shape index (κ2) is 8.99. The summed E-state index contributed by atoms with van der Waals surface area (Å²) in [7, 11) is 1.68. The summed E-state index contributed by atoms with van der Waals surface area (Å²) in [5.41, 5.74) is -0.264. The van der Waals surface area contributed by atoms with Crippen molar-refractivity contribution >= 4 is 0 Å². The molecule has 0 aromatic heterocycles. The molecule has 2 atom stereocenters. The van der Waals surface area contributed by atoms with E-state index in [0.29, 0.717) is 13.0 Å².